The predicted octanol–water partition coefficient (Wildman–Crippen LogP) is 3.84. The first-order chi connectivity index (χ1) is 15.3. The Morgan fingerprint density at radius 2 is 1.59 bits per heavy atom. The number of nitrogens with one attached hydrogen (secondary N) is 2. The summed E-state index contributed by atoms with van der Waals surface area (Å²) in [5, 5.41) is 0.732. The SMILES string of the molecule is Cc1ccc(OCC(=O)NNC(=O)c2ccc(CSc3nc(C)cc(C)n3)cc2)c(C)c1. The van der Waals surface area contributed by atoms with Crippen LogP contribution in [0, 0.1) is 27.7 Å². The zero-order chi connectivity index (χ0) is 23.1. The number of thioether (sulfide) groups is 1. The zero-order valence-corrected chi connectivity index (χ0v) is 19.4. The third kappa shape index (κ3) is 6.81. The summed E-state index contributed by atoms with van der Waals surface area (Å²) in [6.45, 7) is 7.60. The van der Waals surface area contributed by atoms with Crippen LogP contribution in [0.2, 0.25) is 0 Å². The third-order valence-electron chi connectivity index (χ3n) is 4.55. The van der Waals surface area contributed by atoms with E-state index in [0.717, 1.165) is 33.2 Å². The van der Waals surface area contributed by atoms with Gasteiger partial charge in [-0.05, 0) is 63.1 Å². The lowest BCUT2D eigenvalue weighted by Gasteiger charge is -2.11. The van der Waals surface area contributed by atoms with Gasteiger partial charge in [0, 0.05) is 22.7 Å². The van der Waals surface area contributed by atoms with Crippen LogP contribution in [-0.2, 0) is 10.5 Å². The van der Waals surface area contributed by atoms with Crippen molar-refractivity contribution in [3.63, 3.8) is 0 Å². The third-order valence-corrected chi connectivity index (χ3v) is 5.47. The Hall–Kier alpha value is -3.39. The van der Waals surface area contributed by atoms with Gasteiger partial charge in [-0.25, -0.2) is 9.97 Å². The molecular weight excluding hydrogens is 424 g/mol. The summed E-state index contributed by atoms with van der Waals surface area (Å²) in [4.78, 5) is 33.1. The lowest BCUT2D eigenvalue weighted by Crippen LogP contribution is -2.43. The average Bonchev–Trinajstić information content (AvgIpc) is 2.75. The van der Waals surface area contributed by atoms with Crippen molar-refractivity contribution >= 4 is 23.6 Å². The number of nitrogens with zero attached hydrogens (tertiary/aromatic N) is 2. The molecule has 0 aliphatic heterocycles. The van der Waals surface area contributed by atoms with Gasteiger partial charge < -0.3 is 4.74 Å². The van der Waals surface area contributed by atoms with Crippen molar-refractivity contribution in [1.82, 2.24) is 20.8 Å². The number of rotatable bonds is 7. The van der Waals surface area contributed by atoms with E-state index in [9.17, 15) is 9.59 Å². The number of amides is 2. The van der Waals surface area contributed by atoms with Gasteiger partial charge >= 0.3 is 0 Å². The Bertz CT molecular complexity index is 1100. The van der Waals surface area contributed by atoms with Gasteiger partial charge in [-0.2, -0.15) is 0 Å². The molecule has 1 heterocycles. The summed E-state index contributed by atoms with van der Waals surface area (Å²) in [6, 6.07) is 14.8. The first kappa shape index (κ1) is 23.3. The highest BCUT2D eigenvalue weighted by Crippen LogP contribution is 2.20. The van der Waals surface area contributed by atoms with Crippen LogP contribution in [0.25, 0.3) is 0 Å². The summed E-state index contributed by atoms with van der Waals surface area (Å²) in [7, 11) is 0. The van der Waals surface area contributed by atoms with Crippen LogP contribution in [0.3, 0.4) is 0 Å². The first-order valence-electron chi connectivity index (χ1n) is 10.1. The number of hydrogen-bond acceptors (Lipinski definition) is 6. The van der Waals surface area contributed by atoms with Crippen LogP contribution in [0.15, 0.2) is 53.7 Å². The van der Waals surface area contributed by atoms with E-state index in [0.29, 0.717) is 17.1 Å². The molecule has 0 radical (unpaired) electrons. The highest BCUT2D eigenvalue weighted by molar-refractivity contribution is 7.98. The van der Waals surface area contributed by atoms with Crippen LogP contribution < -0.4 is 15.6 Å². The van der Waals surface area contributed by atoms with E-state index < -0.39 is 11.8 Å². The van der Waals surface area contributed by atoms with E-state index in [1.807, 2.05) is 64.1 Å². The number of carbonyl (C=O) groups is 2. The number of aryl methyl sites for hydroxylation is 4. The van der Waals surface area contributed by atoms with E-state index in [1.165, 1.54) is 0 Å². The quantitative estimate of drug-likeness (QED) is 0.323. The van der Waals surface area contributed by atoms with Crippen molar-refractivity contribution in [2.75, 3.05) is 6.61 Å². The first-order valence-corrected chi connectivity index (χ1v) is 11.1. The van der Waals surface area contributed by atoms with Crippen molar-refractivity contribution < 1.29 is 14.3 Å². The molecule has 8 heteroatoms. The number of benzene rings is 2. The maximum atomic E-state index is 12.3. The van der Waals surface area contributed by atoms with Gasteiger partial charge in [-0.15, -0.1) is 0 Å². The van der Waals surface area contributed by atoms with Crippen molar-refractivity contribution in [3.05, 3.63) is 82.2 Å². The number of hydrazine groups is 1. The monoisotopic (exact) mass is 450 g/mol. The fraction of sp³-hybridized carbons (Fsp3) is 0.250. The van der Waals surface area contributed by atoms with Crippen molar-refractivity contribution in [1.29, 1.82) is 0 Å². The summed E-state index contributed by atoms with van der Waals surface area (Å²) < 4.78 is 5.51. The molecule has 2 amide bonds. The van der Waals surface area contributed by atoms with E-state index in [4.69, 9.17) is 4.74 Å². The number of carbonyl (C=O) groups excluding carboxylic acids is 2. The van der Waals surface area contributed by atoms with Gasteiger partial charge in [0.25, 0.3) is 11.8 Å². The second-order valence-electron chi connectivity index (χ2n) is 7.48. The molecule has 0 saturated heterocycles. The molecule has 0 unspecified atom stereocenters. The molecular formula is C24H26N4O3S. The molecule has 2 N–H and O–H groups in total. The summed E-state index contributed by atoms with van der Waals surface area (Å²) >= 11 is 1.54. The second-order valence-corrected chi connectivity index (χ2v) is 8.42. The van der Waals surface area contributed by atoms with Gasteiger partial charge in [-0.1, -0.05) is 41.6 Å². The standard InChI is InChI=1S/C24H26N4O3S/c1-15-5-10-21(16(2)11-15)31-13-22(29)27-28-23(30)20-8-6-19(7-9-20)14-32-24-25-17(3)12-18(4)26-24/h5-12H,13-14H2,1-4H3,(H,27,29)(H,28,30). The van der Waals surface area contributed by atoms with Crippen LogP contribution in [0.4, 0.5) is 0 Å². The highest BCUT2D eigenvalue weighted by atomic mass is 32.2. The maximum Gasteiger partial charge on any atom is 0.276 e. The van der Waals surface area contributed by atoms with E-state index in [2.05, 4.69) is 20.8 Å². The lowest BCUT2D eigenvalue weighted by atomic mass is 10.1. The molecule has 32 heavy (non-hydrogen) atoms. The minimum absolute atomic E-state index is 0.194. The van der Waals surface area contributed by atoms with Crippen molar-refractivity contribution in [2.45, 2.75) is 38.6 Å². The van der Waals surface area contributed by atoms with Crippen LogP contribution >= 0.6 is 11.8 Å². The minimum atomic E-state index is -0.445. The highest BCUT2D eigenvalue weighted by Gasteiger charge is 2.09. The summed E-state index contributed by atoms with van der Waals surface area (Å²) in [6.07, 6.45) is 0. The molecule has 0 bridgehead atoms. The average molecular weight is 451 g/mol. The fourth-order valence-corrected chi connectivity index (χ4v) is 3.90. The van der Waals surface area contributed by atoms with Crippen LogP contribution in [0.5, 0.6) is 5.75 Å². The smallest absolute Gasteiger partial charge is 0.276 e. The summed E-state index contributed by atoms with van der Waals surface area (Å²) in [5.41, 5.74) is 10.2. The molecule has 3 rings (SSSR count). The molecule has 0 spiro atoms. The molecule has 0 aliphatic carbocycles. The molecule has 1 aromatic heterocycles. The van der Waals surface area contributed by atoms with Gasteiger partial charge in [0.05, 0.1) is 0 Å². The fourth-order valence-electron chi connectivity index (χ4n) is 3.00. The van der Waals surface area contributed by atoms with Crippen LogP contribution in [0.1, 0.15) is 38.4 Å². The molecule has 0 saturated carbocycles. The molecule has 0 fully saturated rings. The molecule has 166 valence electrons. The molecule has 2 aromatic carbocycles. The van der Waals surface area contributed by atoms with E-state index >= 15 is 0 Å². The van der Waals surface area contributed by atoms with Gasteiger partial charge in [0.2, 0.25) is 0 Å². The van der Waals surface area contributed by atoms with Crippen LogP contribution in [-0.4, -0.2) is 28.4 Å². The number of aromatic nitrogens is 2. The van der Waals surface area contributed by atoms with E-state index in [-0.39, 0.29) is 6.61 Å². The minimum Gasteiger partial charge on any atom is -0.483 e. The van der Waals surface area contributed by atoms with Gasteiger partial charge in [0.15, 0.2) is 11.8 Å². The number of ether oxygens (including phenoxy) is 1. The Morgan fingerprint density at radius 1 is 0.906 bits per heavy atom. The largest absolute Gasteiger partial charge is 0.483 e. The van der Waals surface area contributed by atoms with Crippen molar-refractivity contribution in [3.8, 4) is 5.75 Å². The second kappa shape index (κ2) is 10.8. The molecule has 7 nitrogen and oxygen atoms in total. The Kier molecular flexibility index (Phi) is 7.83. The zero-order valence-electron chi connectivity index (χ0n) is 18.6. The molecule has 0 aliphatic rings. The Morgan fingerprint density at radius 3 is 2.25 bits per heavy atom. The topological polar surface area (TPSA) is 93.2 Å². The maximum absolute atomic E-state index is 12.3. The van der Waals surface area contributed by atoms with Gasteiger partial charge in [0.1, 0.15) is 5.75 Å². The lowest BCUT2D eigenvalue weighted by molar-refractivity contribution is -0.123. The van der Waals surface area contributed by atoms with E-state index in [1.54, 1.807) is 23.9 Å². The molecule has 3 aromatic rings. The Labute approximate surface area is 192 Å². The summed E-state index contributed by atoms with van der Waals surface area (Å²) in [5.74, 6) is 0.482. The number of hydrogen-bond donors (Lipinski definition) is 2. The molecule has 0 atom stereocenters. The van der Waals surface area contributed by atoms with Crippen molar-refractivity contribution in [2.24, 2.45) is 0 Å². The normalized spacial score (nSPS) is 10.5. The van der Waals surface area contributed by atoms with Gasteiger partial charge in [-0.3, -0.25) is 20.4 Å². The Balaban J connectivity index is 1.45. The predicted molar refractivity (Wildman–Crippen MR) is 125 cm³/mol.